The highest BCUT2D eigenvalue weighted by atomic mass is 19.3. The minimum atomic E-state index is -2.17. The number of hydrogen-bond acceptors (Lipinski definition) is 1. The third kappa shape index (κ3) is 1.90. The fraction of sp³-hybridized carbons (Fsp3) is 1.00. The molecule has 0 radical (unpaired) electrons. The molecular formula is C7H13F2N. The van der Waals surface area contributed by atoms with E-state index >= 15 is 0 Å². The Morgan fingerprint density at radius 1 is 1.60 bits per heavy atom. The third-order valence-electron chi connectivity index (χ3n) is 2.06. The van der Waals surface area contributed by atoms with Crippen molar-refractivity contribution in [2.45, 2.75) is 32.2 Å². The first-order chi connectivity index (χ1) is 4.70. The van der Waals surface area contributed by atoms with Gasteiger partial charge in [0.05, 0.1) is 6.54 Å². The lowest BCUT2D eigenvalue weighted by Gasteiger charge is -2.19. The van der Waals surface area contributed by atoms with E-state index in [4.69, 9.17) is 0 Å². The summed E-state index contributed by atoms with van der Waals surface area (Å²) in [5.41, 5.74) is 0. The van der Waals surface area contributed by atoms with Gasteiger partial charge in [-0.05, 0) is 26.3 Å². The third-order valence-corrected chi connectivity index (χ3v) is 2.06. The van der Waals surface area contributed by atoms with Gasteiger partial charge in [-0.15, -0.1) is 0 Å². The van der Waals surface area contributed by atoms with Crippen molar-refractivity contribution < 1.29 is 8.78 Å². The molecule has 1 fully saturated rings. The van der Waals surface area contributed by atoms with Gasteiger partial charge in [-0.25, -0.2) is 8.78 Å². The Bertz CT molecular complexity index is 106. The average Bonchev–Trinajstić information content (AvgIpc) is 2.15. The van der Waals surface area contributed by atoms with Crippen molar-refractivity contribution in [1.82, 2.24) is 4.90 Å². The van der Waals surface area contributed by atoms with Gasteiger partial charge in [-0.2, -0.15) is 0 Å². The first-order valence-corrected chi connectivity index (χ1v) is 3.72. The van der Waals surface area contributed by atoms with Crippen LogP contribution >= 0.6 is 0 Å². The number of nitrogens with zero attached hydrogens (tertiary/aromatic N) is 1. The van der Waals surface area contributed by atoms with Gasteiger partial charge in [0.25, 0.3) is 6.43 Å². The zero-order valence-electron chi connectivity index (χ0n) is 6.19. The van der Waals surface area contributed by atoms with Crippen LogP contribution in [0.25, 0.3) is 0 Å². The molecule has 0 unspecified atom stereocenters. The van der Waals surface area contributed by atoms with Gasteiger partial charge >= 0.3 is 0 Å². The molecule has 1 nitrogen and oxygen atoms in total. The van der Waals surface area contributed by atoms with E-state index in [2.05, 4.69) is 0 Å². The number of rotatable bonds is 2. The molecule has 1 aliphatic heterocycles. The molecule has 1 saturated heterocycles. The Balaban J connectivity index is 2.26. The van der Waals surface area contributed by atoms with Crippen LogP contribution < -0.4 is 0 Å². The highest BCUT2D eigenvalue weighted by Crippen LogP contribution is 2.16. The maximum Gasteiger partial charge on any atom is 0.251 e. The van der Waals surface area contributed by atoms with Crippen LogP contribution in [0.2, 0.25) is 0 Å². The summed E-state index contributed by atoms with van der Waals surface area (Å²) in [5.74, 6) is 0. The number of alkyl halides is 2. The fourth-order valence-electron chi connectivity index (χ4n) is 1.44. The van der Waals surface area contributed by atoms with Gasteiger partial charge < -0.3 is 0 Å². The summed E-state index contributed by atoms with van der Waals surface area (Å²) in [5, 5.41) is 0. The molecular weight excluding hydrogens is 136 g/mol. The predicted octanol–water partition coefficient (Wildman–Crippen LogP) is 1.74. The highest BCUT2D eigenvalue weighted by Gasteiger charge is 2.22. The minimum absolute atomic E-state index is 0.0405. The number of likely N-dealkylation sites (tertiary alicyclic amines) is 1. The first kappa shape index (κ1) is 7.92. The molecule has 3 heteroatoms. The lowest BCUT2D eigenvalue weighted by atomic mass is 10.2. The maximum atomic E-state index is 11.8. The van der Waals surface area contributed by atoms with Gasteiger partial charge in [-0.3, -0.25) is 4.90 Å². The van der Waals surface area contributed by atoms with Gasteiger partial charge in [0.1, 0.15) is 0 Å². The van der Waals surface area contributed by atoms with E-state index in [1.165, 1.54) is 0 Å². The summed E-state index contributed by atoms with van der Waals surface area (Å²) in [4.78, 5) is 1.85. The molecule has 10 heavy (non-hydrogen) atoms. The van der Waals surface area contributed by atoms with Gasteiger partial charge in [0, 0.05) is 6.04 Å². The lowest BCUT2D eigenvalue weighted by molar-refractivity contribution is 0.0855. The van der Waals surface area contributed by atoms with Crippen molar-refractivity contribution in [1.29, 1.82) is 0 Å². The molecule has 0 aromatic rings. The molecule has 0 bridgehead atoms. The zero-order valence-corrected chi connectivity index (χ0v) is 6.19. The van der Waals surface area contributed by atoms with Crippen LogP contribution in [0.3, 0.4) is 0 Å². The van der Waals surface area contributed by atoms with E-state index in [-0.39, 0.29) is 6.54 Å². The van der Waals surface area contributed by atoms with Crippen molar-refractivity contribution in [3.63, 3.8) is 0 Å². The van der Waals surface area contributed by atoms with Crippen LogP contribution in [0.4, 0.5) is 8.78 Å². The second kappa shape index (κ2) is 3.28. The monoisotopic (exact) mass is 149 g/mol. The van der Waals surface area contributed by atoms with Crippen LogP contribution in [0.15, 0.2) is 0 Å². The summed E-state index contributed by atoms with van der Waals surface area (Å²) < 4.78 is 23.6. The quantitative estimate of drug-likeness (QED) is 0.578. The minimum Gasteiger partial charge on any atom is -0.295 e. The van der Waals surface area contributed by atoms with Crippen molar-refractivity contribution >= 4 is 0 Å². The van der Waals surface area contributed by atoms with E-state index in [0.29, 0.717) is 6.04 Å². The molecule has 1 heterocycles. The average molecular weight is 149 g/mol. The molecule has 0 amide bonds. The molecule has 1 rings (SSSR count). The van der Waals surface area contributed by atoms with E-state index in [0.717, 1.165) is 19.4 Å². The number of halogens is 2. The molecule has 0 spiro atoms. The molecule has 1 aliphatic rings. The molecule has 0 aromatic carbocycles. The molecule has 0 aromatic heterocycles. The lowest BCUT2D eigenvalue weighted by Crippen LogP contribution is -2.31. The first-order valence-electron chi connectivity index (χ1n) is 3.72. The molecule has 0 N–H and O–H groups in total. The summed E-state index contributed by atoms with van der Waals surface area (Å²) in [6.07, 6.45) is -0.0128. The van der Waals surface area contributed by atoms with Crippen LogP contribution in [0.1, 0.15) is 19.8 Å². The topological polar surface area (TPSA) is 3.24 Å². The van der Waals surface area contributed by atoms with Crippen LogP contribution in [0.5, 0.6) is 0 Å². The summed E-state index contributed by atoms with van der Waals surface area (Å²) >= 11 is 0. The van der Waals surface area contributed by atoms with Gasteiger partial charge in [-0.1, -0.05) is 0 Å². The van der Waals surface area contributed by atoms with Crippen molar-refractivity contribution in [3.8, 4) is 0 Å². The molecule has 0 aliphatic carbocycles. The van der Waals surface area contributed by atoms with Crippen LogP contribution in [-0.2, 0) is 0 Å². The number of hydrogen-bond donors (Lipinski definition) is 0. The van der Waals surface area contributed by atoms with E-state index in [9.17, 15) is 8.78 Å². The predicted molar refractivity (Wildman–Crippen MR) is 36.3 cm³/mol. The summed E-state index contributed by atoms with van der Waals surface area (Å²) in [6, 6.07) is 0.369. The normalized spacial score (nSPS) is 28.2. The standard InChI is InChI=1S/C7H13F2N/c1-6-3-2-4-10(6)5-7(8)9/h6-7H,2-5H2,1H3/t6-/m1/s1. The van der Waals surface area contributed by atoms with Crippen molar-refractivity contribution in [2.75, 3.05) is 13.1 Å². The van der Waals surface area contributed by atoms with Gasteiger partial charge in [0.2, 0.25) is 0 Å². The Morgan fingerprint density at radius 3 is 2.70 bits per heavy atom. The maximum absolute atomic E-state index is 11.8. The summed E-state index contributed by atoms with van der Waals surface area (Å²) in [7, 11) is 0. The Labute approximate surface area is 60.0 Å². The second-order valence-corrected chi connectivity index (χ2v) is 2.88. The Kier molecular flexibility index (Phi) is 2.60. The SMILES string of the molecule is C[C@@H]1CCCN1CC(F)F. The largest absolute Gasteiger partial charge is 0.295 e. The van der Waals surface area contributed by atoms with E-state index in [1.54, 1.807) is 0 Å². The Morgan fingerprint density at radius 2 is 2.30 bits per heavy atom. The molecule has 0 saturated carbocycles. The molecule has 60 valence electrons. The van der Waals surface area contributed by atoms with Crippen molar-refractivity contribution in [2.24, 2.45) is 0 Å². The second-order valence-electron chi connectivity index (χ2n) is 2.88. The smallest absolute Gasteiger partial charge is 0.251 e. The van der Waals surface area contributed by atoms with Crippen LogP contribution in [-0.4, -0.2) is 30.5 Å². The van der Waals surface area contributed by atoms with Gasteiger partial charge in [0.15, 0.2) is 0 Å². The molecule has 1 atom stereocenters. The van der Waals surface area contributed by atoms with Crippen LogP contribution in [0, 0.1) is 0 Å². The Hall–Kier alpha value is -0.180. The zero-order chi connectivity index (χ0) is 7.56. The van der Waals surface area contributed by atoms with E-state index in [1.807, 2.05) is 11.8 Å². The summed E-state index contributed by atoms with van der Waals surface area (Å²) in [6.45, 7) is 2.82. The fourth-order valence-corrected chi connectivity index (χ4v) is 1.44. The van der Waals surface area contributed by atoms with Crippen molar-refractivity contribution in [3.05, 3.63) is 0 Å². The highest BCUT2D eigenvalue weighted by molar-refractivity contribution is 4.75. The van der Waals surface area contributed by atoms with E-state index < -0.39 is 6.43 Å².